The highest BCUT2D eigenvalue weighted by Gasteiger charge is 2.49. The lowest BCUT2D eigenvalue weighted by Crippen LogP contribution is -2.36. The van der Waals surface area contributed by atoms with Crippen molar-refractivity contribution in [2.24, 2.45) is 0 Å². The van der Waals surface area contributed by atoms with E-state index in [1.54, 1.807) is 13.3 Å². The second kappa shape index (κ2) is 11.0. The summed E-state index contributed by atoms with van der Waals surface area (Å²) in [6.45, 7) is 0.127. The number of aliphatic hydroxyl groups excluding tert-OH is 1. The number of ether oxygens (including phenoxy) is 1. The summed E-state index contributed by atoms with van der Waals surface area (Å²) >= 11 is 0. The van der Waals surface area contributed by atoms with Gasteiger partial charge in [0.15, 0.2) is 6.10 Å². The zero-order chi connectivity index (χ0) is 30.4. The number of nitrogens with zero attached hydrogens (tertiary/aromatic N) is 3. The molecule has 4 aromatic rings. The molecule has 2 aliphatic rings. The Morgan fingerprint density at radius 2 is 1.86 bits per heavy atom. The average molecular weight is 591 g/mol. The molecule has 43 heavy (non-hydrogen) atoms. The predicted octanol–water partition coefficient (Wildman–Crippen LogP) is 4.95. The normalized spacial score (nSPS) is 16.6. The summed E-state index contributed by atoms with van der Waals surface area (Å²) in [5, 5.41) is 10.7. The van der Waals surface area contributed by atoms with E-state index in [0.717, 1.165) is 47.7 Å². The molecule has 3 heterocycles. The minimum Gasteiger partial charge on any atom is -0.481 e. The lowest BCUT2D eigenvalue weighted by molar-refractivity contribution is -0.142. The molecular weight excluding hydrogens is 561 g/mol. The van der Waals surface area contributed by atoms with Gasteiger partial charge in [0, 0.05) is 18.8 Å². The molecule has 0 bridgehead atoms. The summed E-state index contributed by atoms with van der Waals surface area (Å²) in [6.07, 6.45) is -2.16. The number of nitrogens with one attached hydrogen (secondary N) is 1. The highest BCUT2D eigenvalue weighted by Crippen LogP contribution is 2.52. The standard InChI is InChI=1S/C32H29F3N4O4/c1-43-26-17-20(10-13-36-26)19-5-2-7-22(15-19)31(11-12-31)30-37-25-9-4-14-39(18-24(25)28(41)38-30)29(42)27(40)21-6-3-8-23(16-21)32(33,34)35/h2-3,5-8,10,13,15-17,27,40H,4,9,11-12,14,18H2,1H3,(H,37,38,41)/t27-/m1/s1. The molecule has 6 rings (SSSR count). The second-order valence-electron chi connectivity index (χ2n) is 11.0. The number of aryl methyl sites for hydroxylation is 1. The maximum Gasteiger partial charge on any atom is 0.416 e. The van der Waals surface area contributed by atoms with Crippen molar-refractivity contribution in [3.8, 4) is 17.0 Å². The van der Waals surface area contributed by atoms with E-state index in [1.165, 1.54) is 11.0 Å². The molecule has 222 valence electrons. The van der Waals surface area contributed by atoms with E-state index in [1.807, 2.05) is 30.3 Å². The molecule has 0 radical (unpaired) electrons. The molecular formula is C32H29F3N4O4. The van der Waals surface area contributed by atoms with Crippen LogP contribution >= 0.6 is 0 Å². The lowest BCUT2D eigenvalue weighted by atomic mass is 9.91. The molecule has 11 heteroatoms. The summed E-state index contributed by atoms with van der Waals surface area (Å²) in [7, 11) is 1.57. The van der Waals surface area contributed by atoms with Crippen LogP contribution in [0.4, 0.5) is 13.2 Å². The number of H-pyrrole nitrogens is 1. The molecule has 8 nitrogen and oxygen atoms in total. The Bertz CT molecular complexity index is 1750. The number of aliphatic hydroxyl groups is 1. The number of benzene rings is 2. The third-order valence-electron chi connectivity index (χ3n) is 8.26. The predicted molar refractivity (Wildman–Crippen MR) is 151 cm³/mol. The molecule has 1 aliphatic heterocycles. The maximum atomic E-state index is 13.4. The van der Waals surface area contributed by atoms with E-state index in [0.29, 0.717) is 35.8 Å². The van der Waals surface area contributed by atoms with E-state index >= 15 is 0 Å². The van der Waals surface area contributed by atoms with E-state index in [2.05, 4.69) is 16.0 Å². The summed E-state index contributed by atoms with van der Waals surface area (Å²) in [5.74, 6) is 0.319. The van der Waals surface area contributed by atoms with Gasteiger partial charge in [0.2, 0.25) is 5.88 Å². The molecule has 1 aliphatic carbocycles. The van der Waals surface area contributed by atoms with Gasteiger partial charge in [0.1, 0.15) is 5.82 Å². The number of rotatable bonds is 6. The molecule has 1 saturated carbocycles. The number of alkyl halides is 3. The van der Waals surface area contributed by atoms with Crippen molar-refractivity contribution in [2.45, 2.75) is 49.9 Å². The van der Waals surface area contributed by atoms with Gasteiger partial charge in [-0.25, -0.2) is 9.97 Å². The van der Waals surface area contributed by atoms with Gasteiger partial charge in [-0.2, -0.15) is 13.2 Å². The summed E-state index contributed by atoms with van der Waals surface area (Å²) in [4.78, 5) is 40.0. The zero-order valence-corrected chi connectivity index (χ0v) is 23.3. The number of hydrogen-bond acceptors (Lipinski definition) is 6. The fourth-order valence-electron chi connectivity index (χ4n) is 5.72. The van der Waals surface area contributed by atoms with Crippen LogP contribution in [0, 0.1) is 0 Å². The zero-order valence-electron chi connectivity index (χ0n) is 23.3. The van der Waals surface area contributed by atoms with Crippen molar-refractivity contribution in [2.75, 3.05) is 13.7 Å². The molecule has 2 aromatic heterocycles. The number of carbonyl (C=O) groups is 1. The first-order valence-electron chi connectivity index (χ1n) is 14.0. The first-order chi connectivity index (χ1) is 20.6. The van der Waals surface area contributed by atoms with E-state index in [-0.39, 0.29) is 24.2 Å². The Balaban J connectivity index is 1.26. The summed E-state index contributed by atoms with van der Waals surface area (Å²) in [6, 6.07) is 15.9. The Morgan fingerprint density at radius 3 is 2.60 bits per heavy atom. The number of aromatic nitrogens is 3. The second-order valence-corrected chi connectivity index (χ2v) is 11.0. The number of amides is 1. The van der Waals surface area contributed by atoms with Gasteiger partial charge >= 0.3 is 6.18 Å². The minimum absolute atomic E-state index is 0.0981. The number of hydrogen-bond donors (Lipinski definition) is 2. The van der Waals surface area contributed by atoms with Gasteiger partial charge < -0.3 is 19.7 Å². The van der Waals surface area contributed by atoms with Crippen LogP contribution in [0.5, 0.6) is 5.88 Å². The SMILES string of the molecule is COc1cc(-c2cccc(C3(c4nc5c(c(=O)[nH]4)CN(C(=O)[C@H](O)c4cccc(C(F)(F)F)c4)CCC5)CC3)c2)ccn1. The van der Waals surface area contributed by atoms with Crippen molar-refractivity contribution in [1.29, 1.82) is 0 Å². The van der Waals surface area contributed by atoms with Crippen LogP contribution in [0.1, 0.15) is 59.1 Å². The fraction of sp³-hybridized carbons (Fsp3) is 0.312. The Morgan fingerprint density at radius 1 is 1.09 bits per heavy atom. The van der Waals surface area contributed by atoms with E-state index in [4.69, 9.17) is 9.72 Å². The van der Waals surface area contributed by atoms with Crippen LogP contribution in [0.2, 0.25) is 0 Å². The Kier molecular flexibility index (Phi) is 7.29. The van der Waals surface area contributed by atoms with Crippen LogP contribution in [-0.2, 0) is 29.4 Å². The van der Waals surface area contributed by atoms with Gasteiger partial charge in [0.05, 0.1) is 35.9 Å². The topological polar surface area (TPSA) is 108 Å². The molecule has 0 saturated heterocycles. The average Bonchev–Trinajstić information content (AvgIpc) is 3.85. The Hall–Kier alpha value is -4.51. The smallest absolute Gasteiger partial charge is 0.416 e. The van der Waals surface area contributed by atoms with Gasteiger partial charge in [-0.3, -0.25) is 9.59 Å². The van der Waals surface area contributed by atoms with Gasteiger partial charge in [0.25, 0.3) is 11.5 Å². The first-order valence-corrected chi connectivity index (χ1v) is 14.0. The molecule has 2 aromatic carbocycles. The molecule has 1 atom stereocenters. The number of fused-ring (bicyclic) bond motifs is 1. The number of pyridine rings is 1. The largest absolute Gasteiger partial charge is 0.481 e. The molecule has 0 spiro atoms. The van der Waals surface area contributed by atoms with Crippen LogP contribution < -0.4 is 10.3 Å². The highest BCUT2D eigenvalue weighted by atomic mass is 19.4. The maximum absolute atomic E-state index is 13.4. The minimum atomic E-state index is -4.61. The fourth-order valence-corrected chi connectivity index (χ4v) is 5.72. The summed E-state index contributed by atoms with van der Waals surface area (Å²) < 4.78 is 44.8. The molecule has 1 fully saturated rings. The lowest BCUT2D eigenvalue weighted by Gasteiger charge is -2.24. The van der Waals surface area contributed by atoms with Crippen LogP contribution in [0.3, 0.4) is 0 Å². The number of methoxy groups -OCH3 is 1. The van der Waals surface area contributed by atoms with Crippen LogP contribution in [-0.4, -0.2) is 44.5 Å². The quantitative estimate of drug-likeness (QED) is 0.329. The van der Waals surface area contributed by atoms with Gasteiger partial charge in [-0.1, -0.05) is 36.4 Å². The van der Waals surface area contributed by atoms with E-state index in [9.17, 15) is 27.9 Å². The van der Waals surface area contributed by atoms with Gasteiger partial charge in [-0.15, -0.1) is 0 Å². The summed E-state index contributed by atoms with van der Waals surface area (Å²) in [5.41, 5.74) is 1.94. The molecule has 2 N–H and O–H groups in total. The number of carbonyl (C=O) groups excluding carboxylic acids is 1. The first kappa shape index (κ1) is 28.6. The highest BCUT2D eigenvalue weighted by molar-refractivity contribution is 5.82. The number of aromatic amines is 1. The molecule has 1 amide bonds. The number of halogens is 3. The monoisotopic (exact) mass is 590 g/mol. The van der Waals surface area contributed by atoms with Crippen LogP contribution in [0.25, 0.3) is 11.1 Å². The van der Waals surface area contributed by atoms with Crippen molar-refractivity contribution in [3.63, 3.8) is 0 Å². The van der Waals surface area contributed by atoms with E-state index < -0.39 is 29.2 Å². The third kappa shape index (κ3) is 5.52. The van der Waals surface area contributed by atoms with Crippen molar-refractivity contribution < 1.29 is 27.8 Å². The third-order valence-corrected chi connectivity index (χ3v) is 8.26. The van der Waals surface area contributed by atoms with Crippen molar-refractivity contribution in [3.05, 3.63) is 111 Å². The van der Waals surface area contributed by atoms with Gasteiger partial charge in [-0.05, 0) is 66.1 Å². The van der Waals surface area contributed by atoms with Crippen molar-refractivity contribution >= 4 is 5.91 Å². The van der Waals surface area contributed by atoms with Crippen molar-refractivity contribution in [1.82, 2.24) is 19.9 Å². The molecule has 0 unspecified atom stereocenters. The van der Waals surface area contributed by atoms with Crippen LogP contribution in [0.15, 0.2) is 71.7 Å². The Labute approximate surface area is 245 Å².